The van der Waals surface area contributed by atoms with Gasteiger partial charge >= 0.3 is 0 Å². The van der Waals surface area contributed by atoms with Gasteiger partial charge in [-0.05, 0) is 31.2 Å². The van der Waals surface area contributed by atoms with Crippen LogP contribution in [-0.2, 0) is 4.74 Å². The van der Waals surface area contributed by atoms with Crippen molar-refractivity contribution in [2.75, 3.05) is 25.1 Å². The SMILES string of the molecule is CCOCCOc1ccccc1C(=O)Nc1ccc([N+](=O)[O-])cc1. The number of benzene rings is 2. The van der Waals surface area contributed by atoms with Crippen LogP contribution >= 0.6 is 0 Å². The Kier molecular flexibility index (Phi) is 6.27. The Bertz CT molecular complexity index is 700. The van der Waals surface area contributed by atoms with E-state index in [1.54, 1.807) is 24.3 Å². The number of amides is 1. The fourth-order valence-electron chi connectivity index (χ4n) is 2.00. The topological polar surface area (TPSA) is 90.7 Å². The van der Waals surface area contributed by atoms with Gasteiger partial charge < -0.3 is 14.8 Å². The van der Waals surface area contributed by atoms with Gasteiger partial charge in [-0.3, -0.25) is 14.9 Å². The maximum atomic E-state index is 12.4. The van der Waals surface area contributed by atoms with E-state index in [2.05, 4.69) is 5.32 Å². The molecule has 2 rings (SSSR count). The van der Waals surface area contributed by atoms with E-state index in [4.69, 9.17) is 9.47 Å². The molecule has 0 heterocycles. The molecule has 0 unspecified atom stereocenters. The summed E-state index contributed by atoms with van der Waals surface area (Å²) in [6.45, 7) is 3.28. The summed E-state index contributed by atoms with van der Waals surface area (Å²) in [4.78, 5) is 22.5. The number of carbonyl (C=O) groups is 1. The van der Waals surface area contributed by atoms with Crippen molar-refractivity contribution in [1.29, 1.82) is 0 Å². The number of nitrogens with one attached hydrogen (secondary N) is 1. The van der Waals surface area contributed by atoms with Gasteiger partial charge in [0.15, 0.2) is 0 Å². The van der Waals surface area contributed by atoms with Crippen LogP contribution in [0.5, 0.6) is 5.75 Å². The summed E-state index contributed by atoms with van der Waals surface area (Å²) in [5, 5.41) is 13.3. The molecule has 1 amide bonds. The first-order valence-corrected chi connectivity index (χ1v) is 7.47. The van der Waals surface area contributed by atoms with Gasteiger partial charge in [-0.2, -0.15) is 0 Å². The Morgan fingerprint density at radius 2 is 1.83 bits per heavy atom. The van der Waals surface area contributed by atoms with Gasteiger partial charge in [0.05, 0.1) is 17.1 Å². The molecule has 24 heavy (non-hydrogen) atoms. The van der Waals surface area contributed by atoms with Crippen molar-refractivity contribution in [1.82, 2.24) is 0 Å². The fraction of sp³-hybridized carbons (Fsp3) is 0.235. The maximum Gasteiger partial charge on any atom is 0.269 e. The lowest BCUT2D eigenvalue weighted by Crippen LogP contribution is -2.15. The standard InChI is InChI=1S/C17H18N2O5/c1-2-23-11-12-24-16-6-4-3-5-15(16)17(20)18-13-7-9-14(10-8-13)19(21)22/h3-10H,2,11-12H2,1H3,(H,18,20). The number of nitro benzene ring substituents is 1. The molecule has 0 aromatic heterocycles. The Morgan fingerprint density at radius 3 is 2.50 bits per heavy atom. The van der Waals surface area contributed by atoms with Crippen LogP contribution in [0.4, 0.5) is 11.4 Å². The molecule has 0 atom stereocenters. The second kappa shape index (κ2) is 8.64. The van der Waals surface area contributed by atoms with Crippen LogP contribution in [-0.4, -0.2) is 30.7 Å². The van der Waals surface area contributed by atoms with Crippen LogP contribution in [0.15, 0.2) is 48.5 Å². The predicted molar refractivity (Wildman–Crippen MR) is 89.5 cm³/mol. The zero-order valence-electron chi connectivity index (χ0n) is 13.2. The number of hydrogen-bond acceptors (Lipinski definition) is 5. The number of anilines is 1. The molecule has 2 aromatic carbocycles. The summed E-state index contributed by atoms with van der Waals surface area (Å²) >= 11 is 0. The molecule has 0 fully saturated rings. The number of hydrogen-bond donors (Lipinski definition) is 1. The van der Waals surface area contributed by atoms with Crippen LogP contribution in [0.1, 0.15) is 17.3 Å². The van der Waals surface area contributed by atoms with Crippen molar-refractivity contribution in [3.8, 4) is 5.75 Å². The molecule has 126 valence electrons. The summed E-state index contributed by atoms with van der Waals surface area (Å²) in [5.41, 5.74) is 0.815. The second-order valence-electron chi connectivity index (χ2n) is 4.80. The van der Waals surface area contributed by atoms with E-state index in [0.29, 0.717) is 36.8 Å². The highest BCUT2D eigenvalue weighted by molar-refractivity contribution is 6.06. The second-order valence-corrected chi connectivity index (χ2v) is 4.80. The highest BCUT2D eigenvalue weighted by atomic mass is 16.6. The molecule has 0 radical (unpaired) electrons. The maximum absolute atomic E-state index is 12.4. The molecule has 2 aromatic rings. The van der Waals surface area contributed by atoms with Gasteiger partial charge in [-0.25, -0.2) is 0 Å². The van der Waals surface area contributed by atoms with Crippen LogP contribution in [0.3, 0.4) is 0 Å². The number of para-hydroxylation sites is 1. The first-order chi connectivity index (χ1) is 11.6. The largest absolute Gasteiger partial charge is 0.490 e. The van der Waals surface area contributed by atoms with Crippen molar-refractivity contribution < 1.29 is 19.2 Å². The van der Waals surface area contributed by atoms with Crippen LogP contribution in [0.2, 0.25) is 0 Å². The van der Waals surface area contributed by atoms with E-state index in [0.717, 1.165) is 0 Å². The van der Waals surface area contributed by atoms with E-state index in [1.165, 1.54) is 24.3 Å². The average molecular weight is 330 g/mol. The summed E-state index contributed by atoms with van der Waals surface area (Å²) in [6.07, 6.45) is 0. The molecule has 7 nitrogen and oxygen atoms in total. The van der Waals surface area contributed by atoms with Crippen molar-refractivity contribution in [3.63, 3.8) is 0 Å². The van der Waals surface area contributed by atoms with E-state index in [1.807, 2.05) is 6.92 Å². The van der Waals surface area contributed by atoms with E-state index >= 15 is 0 Å². The van der Waals surface area contributed by atoms with Gasteiger partial charge in [-0.15, -0.1) is 0 Å². The highest BCUT2D eigenvalue weighted by Gasteiger charge is 2.13. The first-order valence-electron chi connectivity index (χ1n) is 7.47. The number of nitro groups is 1. The quantitative estimate of drug-likeness (QED) is 0.456. The molecular formula is C17H18N2O5. The molecule has 0 aliphatic rings. The van der Waals surface area contributed by atoms with E-state index in [-0.39, 0.29) is 11.6 Å². The fourth-order valence-corrected chi connectivity index (χ4v) is 2.00. The molecular weight excluding hydrogens is 312 g/mol. The van der Waals surface area contributed by atoms with Gasteiger partial charge in [-0.1, -0.05) is 12.1 Å². The summed E-state index contributed by atoms with van der Waals surface area (Å²) in [7, 11) is 0. The third-order valence-electron chi connectivity index (χ3n) is 3.16. The van der Waals surface area contributed by atoms with Gasteiger partial charge in [0.1, 0.15) is 12.4 Å². The minimum atomic E-state index is -0.493. The normalized spacial score (nSPS) is 10.2. The summed E-state index contributed by atoms with van der Waals surface area (Å²) < 4.78 is 10.8. The molecule has 0 saturated carbocycles. The molecule has 0 aliphatic heterocycles. The Balaban J connectivity index is 2.05. The van der Waals surface area contributed by atoms with Crippen molar-refractivity contribution in [2.24, 2.45) is 0 Å². The number of nitrogens with zero attached hydrogens (tertiary/aromatic N) is 1. The van der Waals surface area contributed by atoms with Crippen LogP contribution < -0.4 is 10.1 Å². The lowest BCUT2D eigenvalue weighted by molar-refractivity contribution is -0.384. The highest BCUT2D eigenvalue weighted by Crippen LogP contribution is 2.21. The monoisotopic (exact) mass is 330 g/mol. The first kappa shape index (κ1) is 17.4. The van der Waals surface area contributed by atoms with Crippen molar-refractivity contribution >= 4 is 17.3 Å². The third-order valence-corrected chi connectivity index (χ3v) is 3.16. The molecule has 0 saturated heterocycles. The Labute approximate surface area is 139 Å². The number of ether oxygens (including phenoxy) is 2. The van der Waals surface area contributed by atoms with Crippen molar-refractivity contribution in [3.05, 3.63) is 64.2 Å². The zero-order valence-corrected chi connectivity index (χ0v) is 13.2. The molecule has 0 spiro atoms. The summed E-state index contributed by atoms with van der Waals surface area (Å²) in [6, 6.07) is 12.5. The predicted octanol–water partition coefficient (Wildman–Crippen LogP) is 3.26. The van der Waals surface area contributed by atoms with Gasteiger partial charge in [0, 0.05) is 24.4 Å². The van der Waals surface area contributed by atoms with E-state index in [9.17, 15) is 14.9 Å². The number of carbonyl (C=O) groups excluding carboxylic acids is 1. The molecule has 7 heteroatoms. The van der Waals surface area contributed by atoms with Crippen molar-refractivity contribution in [2.45, 2.75) is 6.92 Å². The average Bonchev–Trinajstić information content (AvgIpc) is 2.59. The van der Waals surface area contributed by atoms with E-state index < -0.39 is 4.92 Å². The van der Waals surface area contributed by atoms with Crippen LogP contribution in [0.25, 0.3) is 0 Å². The lowest BCUT2D eigenvalue weighted by atomic mass is 10.2. The third kappa shape index (κ3) is 4.79. The smallest absolute Gasteiger partial charge is 0.269 e. The Morgan fingerprint density at radius 1 is 1.12 bits per heavy atom. The number of rotatable bonds is 8. The minimum absolute atomic E-state index is 0.0346. The summed E-state index contributed by atoms with van der Waals surface area (Å²) in [5.74, 6) is 0.104. The Hall–Kier alpha value is -2.93. The van der Waals surface area contributed by atoms with Gasteiger partial charge in [0.25, 0.3) is 11.6 Å². The molecule has 0 aliphatic carbocycles. The lowest BCUT2D eigenvalue weighted by Gasteiger charge is -2.11. The minimum Gasteiger partial charge on any atom is -0.490 e. The molecule has 0 bridgehead atoms. The van der Waals surface area contributed by atoms with Gasteiger partial charge in [0.2, 0.25) is 0 Å². The van der Waals surface area contributed by atoms with Crippen LogP contribution in [0, 0.1) is 10.1 Å². The zero-order chi connectivity index (χ0) is 17.4. The molecule has 1 N–H and O–H groups in total. The number of non-ortho nitro benzene ring substituents is 1.